The number of thioether (sulfide) groups is 5. The zero-order valence-corrected chi connectivity index (χ0v) is 16.3. The topological polar surface area (TPSA) is 0 Å². The van der Waals surface area contributed by atoms with Crippen molar-refractivity contribution in [3.8, 4) is 0 Å². The lowest BCUT2D eigenvalue weighted by Crippen LogP contribution is -2.63. The monoisotopic (exact) mass is 340 g/mol. The summed E-state index contributed by atoms with van der Waals surface area (Å²) in [7, 11) is -1.16. The second-order valence-electron chi connectivity index (χ2n) is 6.55. The van der Waals surface area contributed by atoms with Gasteiger partial charge in [0.15, 0.2) is 0 Å². The molecular formula is C11H20S5Si. The average Bonchev–Trinajstić information content (AvgIpc) is 1.89. The van der Waals surface area contributed by atoms with E-state index in [-0.39, 0.29) is 0 Å². The molecule has 0 spiro atoms. The highest BCUT2D eigenvalue weighted by atomic mass is 32.3. The first-order valence-electron chi connectivity index (χ1n) is 6.00. The van der Waals surface area contributed by atoms with Crippen LogP contribution in [0, 0.1) is 0 Å². The van der Waals surface area contributed by atoms with Crippen molar-refractivity contribution in [2.75, 3.05) is 0 Å². The van der Waals surface area contributed by atoms with Crippen molar-refractivity contribution in [1.29, 1.82) is 0 Å². The largest absolute Gasteiger partial charge is 0.119 e. The minimum absolute atomic E-state index is 0.387. The van der Waals surface area contributed by atoms with E-state index < -0.39 is 8.07 Å². The second kappa shape index (κ2) is 3.59. The quantitative estimate of drug-likeness (QED) is 0.558. The Hall–Kier alpha value is 1.97. The molecule has 4 saturated heterocycles. The van der Waals surface area contributed by atoms with Gasteiger partial charge in [-0.2, -0.15) is 0 Å². The molecule has 4 aliphatic rings. The van der Waals surface area contributed by atoms with Crippen LogP contribution in [-0.2, 0) is 0 Å². The van der Waals surface area contributed by atoms with Gasteiger partial charge >= 0.3 is 0 Å². The Bertz CT molecular complexity index is 323. The minimum Gasteiger partial charge on any atom is -0.119 e. The van der Waals surface area contributed by atoms with Gasteiger partial charge in [0.25, 0.3) is 0 Å². The summed E-state index contributed by atoms with van der Waals surface area (Å²) < 4.78 is 1.76. The minimum atomic E-state index is -1.16. The molecule has 17 heavy (non-hydrogen) atoms. The predicted molar refractivity (Wildman–Crippen MR) is 93.9 cm³/mol. The van der Waals surface area contributed by atoms with Crippen LogP contribution in [-0.4, -0.2) is 22.7 Å². The van der Waals surface area contributed by atoms with Gasteiger partial charge in [0.2, 0.25) is 0 Å². The third-order valence-corrected chi connectivity index (χ3v) is 18.6. The fourth-order valence-corrected chi connectivity index (χ4v) is 25.0. The molecular weight excluding hydrogens is 321 g/mol. The molecule has 4 aliphatic heterocycles. The molecule has 0 aromatic carbocycles. The summed E-state index contributed by atoms with van der Waals surface area (Å²) in [4.78, 5) is 0. The third kappa shape index (κ3) is 2.08. The van der Waals surface area contributed by atoms with Crippen LogP contribution in [0.3, 0.4) is 0 Å². The first-order valence-corrected chi connectivity index (χ1v) is 13.6. The van der Waals surface area contributed by atoms with E-state index in [0.717, 1.165) is 0 Å². The number of hydrogen-bond donors (Lipinski definition) is 0. The summed E-state index contributed by atoms with van der Waals surface area (Å²) >= 11 is 11.2. The van der Waals surface area contributed by atoms with Gasteiger partial charge in [-0.25, -0.2) is 0 Å². The number of rotatable bonds is 1. The van der Waals surface area contributed by atoms with Crippen molar-refractivity contribution in [2.24, 2.45) is 0 Å². The fraction of sp³-hybridized carbons (Fsp3) is 1.00. The molecule has 0 amide bonds. The Morgan fingerprint density at radius 1 is 0.765 bits per heavy atom. The van der Waals surface area contributed by atoms with E-state index in [0.29, 0.717) is 14.6 Å². The van der Waals surface area contributed by atoms with Crippen molar-refractivity contribution in [3.05, 3.63) is 0 Å². The molecule has 4 fully saturated rings. The zero-order valence-electron chi connectivity index (χ0n) is 11.2. The van der Waals surface area contributed by atoms with Crippen LogP contribution in [0.2, 0.25) is 19.6 Å². The standard InChI is InChI=1S/C11H20S5Si/c1-8-7-11(17(4,5)6)15-9(2,12-8)14-10(3,13-8)16-11/h7H2,1-6H3. The van der Waals surface area contributed by atoms with E-state index >= 15 is 0 Å². The first-order chi connectivity index (χ1) is 7.49. The Morgan fingerprint density at radius 3 is 1.59 bits per heavy atom. The van der Waals surface area contributed by atoms with Crippen LogP contribution in [0.15, 0.2) is 0 Å². The van der Waals surface area contributed by atoms with Crippen LogP contribution in [0.1, 0.15) is 27.2 Å². The molecule has 0 N–H and O–H groups in total. The lowest BCUT2D eigenvalue weighted by molar-refractivity contribution is 0.751. The Kier molecular flexibility index (Phi) is 2.94. The second-order valence-corrected chi connectivity index (χ2v) is 23.8. The highest BCUT2D eigenvalue weighted by molar-refractivity contribution is 8.55. The van der Waals surface area contributed by atoms with Crippen LogP contribution in [0.25, 0.3) is 0 Å². The maximum Gasteiger partial charge on any atom is 0.108 e. The van der Waals surface area contributed by atoms with E-state index in [4.69, 9.17) is 0 Å². The average molecular weight is 341 g/mol. The zero-order chi connectivity index (χ0) is 12.7. The molecule has 0 nitrogen and oxygen atoms in total. The van der Waals surface area contributed by atoms with Gasteiger partial charge in [-0.1, -0.05) is 19.6 Å². The maximum atomic E-state index is 2.57. The van der Waals surface area contributed by atoms with E-state index in [2.05, 4.69) is 99.2 Å². The van der Waals surface area contributed by atoms with E-state index in [1.165, 1.54) is 6.42 Å². The van der Waals surface area contributed by atoms with Gasteiger partial charge in [0.05, 0.1) is 15.9 Å². The predicted octanol–water partition coefficient (Wildman–Crippen LogP) is 5.72. The molecule has 0 saturated carbocycles. The third-order valence-electron chi connectivity index (χ3n) is 3.57. The Labute approximate surface area is 127 Å². The van der Waals surface area contributed by atoms with Crippen LogP contribution in [0.5, 0.6) is 0 Å². The molecule has 2 unspecified atom stereocenters. The Balaban J connectivity index is 2.10. The fourth-order valence-electron chi connectivity index (χ4n) is 3.03. The summed E-state index contributed by atoms with van der Waals surface area (Å²) in [5, 5.41) is 0. The van der Waals surface area contributed by atoms with Gasteiger partial charge in [-0.15, -0.1) is 58.8 Å². The van der Waals surface area contributed by atoms with Crippen molar-refractivity contribution in [3.63, 3.8) is 0 Å². The van der Waals surface area contributed by atoms with Crippen LogP contribution >= 0.6 is 58.8 Å². The van der Waals surface area contributed by atoms with Crippen molar-refractivity contribution in [1.82, 2.24) is 0 Å². The van der Waals surface area contributed by atoms with E-state index in [1.807, 2.05) is 0 Å². The van der Waals surface area contributed by atoms with Gasteiger partial charge in [-0.3, -0.25) is 0 Å². The van der Waals surface area contributed by atoms with Crippen molar-refractivity contribution in [2.45, 2.75) is 61.4 Å². The molecule has 0 aromatic heterocycles. The SMILES string of the molecule is CC12CC3([Si](C)(C)C)SC(C)(S1)SC(C)(S2)S3. The molecule has 6 heteroatoms. The van der Waals surface area contributed by atoms with Gasteiger partial charge in [-0.05, 0) is 27.2 Å². The van der Waals surface area contributed by atoms with Gasteiger partial charge in [0.1, 0.15) is 6.82 Å². The smallest absolute Gasteiger partial charge is 0.108 e. The van der Waals surface area contributed by atoms with Gasteiger partial charge in [0, 0.05) is 0 Å². The lowest BCUT2D eigenvalue weighted by Gasteiger charge is -2.68. The van der Waals surface area contributed by atoms with Crippen molar-refractivity contribution >= 4 is 66.9 Å². The molecule has 4 heterocycles. The van der Waals surface area contributed by atoms with Crippen LogP contribution < -0.4 is 0 Å². The summed E-state index contributed by atoms with van der Waals surface area (Å²) in [5.41, 5.74) is 0. The summed E-state index contributed by atoms with van der Waals surface area (Å²) in [6.45, 7) is 15.1. The van der Waals surface area contributed by atoms with E-state index in [9.17, 15) is 0 Å². The summed E-state index contributed by atoms with van der Waals surface area (Å²) in [6, 6.07) is 0. The highest BCUT2D eigenvalue weighted by Crippen LogP contribution is 2.85. The highest BCUT2D eigenvalue weighted by Gasteiger charge is 2.70. The molecule has 0 aromatic rings. The van der Waals surface area contributed by atoms with Crippen LogP contribution in [0.4, 0.5) is 0 Å². The summed E-state index contributed by atoms with van der Waals surface area (Å²) in [5.74, 6) is 0. The number of hydrogen-bond acceptors (Lipinski definition) is 5. The maximum absolute atomic E-state index is 2.57. The Morgan fingerprint density at radius 2 is 1.24 bits per heavy atom. The normalized spacial score (nSPS) is 57.5. The molecule has 4 bridgehead atoms. The molecule has 98 valence electrons. The molecule has 0 aliphatic carbocycles. The first kappa shape index (κ1) is 13.9. The molecule has 2 atom stereocenters. The van der Waals surface area contributed by atoms with Crippen molar-refractivity contribution < 1.29 is 0 Å². The van der Waals surface area contributed by atoms with E-state index in [1.54, 1.807) is 0 Å². The molecule has 4 rings (SSSR count). The molecule has 0 radical (unpaired) electrons. The van der Waals surface area contributed by atoms with Gasteiger partial charge < -0.3 is 0 Å². The lowest BCUT2D eigenvalue weighted by atomic mass is 10.3. The summed E-state index contributed by atoms with van der Waals surface area (Å²) in [6.07, 6.45) is 1.39.